The van der Waals surface area contributed by atoms with Crippen LogP contribution in [0.2, 0.25) is 0 Å². The van der Waals surface area contributed by atoms with Gasteiger partial charge in [-0.15, -0.1) is 0 Å². The molecule has 6 nitrogen and oxygen atoms in total. The molecule has 2 amide bonds. The number of anilines is 1. The standard InChI is InChI=1S/C21H28N4O2/c1-2-25-17-7-3-5-10-21(17,11-9-19(25)26)20(27)24-15-13-23(14-16-24)18-8-4-6-12-22-18/h4,6-8,12H,2-3,5,9-11,13-16H2,1H3. The number of carbonyl (C=O) groups is 2. The van der Waals surface area contributed by atoms with E-state index < -0.39 is 5.41 Å². The maximum atomic E-state index is 13.6. The van der Waals surface area contributed by atoms with Gasteiger partial charge in [-0.05, 0) is 44.7 Å². The van der Waals surface area contributed by atoms with Crippen molar-refractivity contribution in [1.82, 2.24) is 14.8 Å². The normalized spacial score (nSPS) is 25.9. The van der Waals surface area contributed by atoms with Crippen LogP contribution in [0.25, 0.3) is 0 Å². The van der Waals surface area contributed by atoms with E-state index in [1.165, 1.54) is 0 Å². The van der Waals surface area contributed by atoms with Crippen LogP contribution in [-0.4, -0.2) is 59.3 Å². The number of hydrogen-bond donors (Lipinski definition) is 0. The number of likely N-dealkylation sites (tertiary alicyclic amines) is 1. The van der Waals surface area contributed by atoms with Crippen LogP contribution in [0, 0.1) is 5.41 Å². The first kappa shape index (κ1) is 18.0. The van der Waals surface area contributed by atoms with Gasteiger partial charge >= 0.3 is 0 Å². The van der Waals surface area contributed by atoms with E-state index in [1.807, 2.05) is 41.1 Å². The molecule has 1 atom stereocenters. The van der Waals surface area contributed by atoms with Crippen molar-refractivity contribution in [3.05, 3.63) is 36.2 Å². The summed E-state index contributed by atoms with van der Waals surface area (Å²) in [6.45, 7) is 5.67. The lowest BCUT2D eigenvalue weighted by Crippen LogP contribution is -2.57. The second-order valence-electron chi connectivity index (χ2n) is 7.67. The van der Waals surface area contributed by atoms with Gasteiger partial charge in [0, 0.05) is 51.0 Å². The highest BCUT2D eigenvalue weighted by Gasteiger charge is 2.50. The van der Waals surface area contributed by atoms with Crippen LogP contribution in [0.5, 0.6) is 0 Å². The maximum absolute atomic E-state index is 13.6. The minimum Gasteiger partial charge on any atom is -0.353 e. The number of nitrogens with zero attached hydrogens (tertiary/aromatic N) is 4. The molecule has 0 radical (unpaired) electrons. The molecule has 0 spiro atoms. The summed E-state index contributed by atoms with van der Waals surface area (Å²) in [6.07, 6.45) is 7.94. The van der Waals surface area contributed by atoms with Gasteiger partial charge in [0.25, 0.3) is 0 Å². The Morgan fingerprint density at radius 1 is 1.19 bits per heavy atom. The van der Waals surface area contributed by atoms with E-state index >= 15 is 0 Å². The molecular formula is C21H28N4O2. The monoisotopic (exact) mass is 368 g/mol. The van der Waals surface area contributed by atoms with Crippen molar-refractivity contribution < 1.29 is 9.59 Å². The van der Waals surface area contributed by atoms with Crippen LogP contribution in [-0.2, 0) is 9.59 Å². The maximum Gasteiger partial charge on any atom is 0.234 e. The molecule has 2 saturated heterocycles. The molecule has 0 aromatic carbocycles. The van der Waals surface area contributed by atoms with Crippen molar-refractivity contribution in [2.75, 3.05) is 37.6 Å². The van der Waals surface area contributed by atoms with Crippen LogP contribution >= 0.6 is 0 Å². The lowest BCUT2D eigenvalue weighted by atomic mass is 9.68. The van der Waals surface area contributed by atoms with Crippen LogP contribution in [0.3, 0.4) is 0 Å². The SMILES string of the molecule is CCN1C(=O)CCC2(C(=O)N3CCN(c4ccccn4)CC3)CCCC=C12. The van der Waals surface area contributed by atoms with Crippen molar-refractivity contribution in [2.45, 2.75) is 39.0 Å². The van der Waals surface area contributed by atoms with Gasteiger partial charge in [-0.3, -0.25) is 9.59 Å². The van der Waals surface area contributed by atoms with Crippen molar-refractivity contribution in [3.8, 4) is 0 Å². The molecule has 2 aliphatic heterocycles. The highest BCUT2D eigenvalue weighted by atomic mass is 16.2. The minimum absolute atomic E-state index is 0.161. The Kier molecular flexibility index (Phi) is 4.89. The van der Waals surface area contributed by atoms with Crippen LogP contribution in [0.1, 0.15) is 39.0 Å². The fourth-order valence-corrected chi connectivity index (χ4v) is 4.83. The highest BCUT2D eigenvalue weighted by molar-refractivity contribution is 5.91. The summed E-state index contributed by atoms with van der Waals surface area (Å²) >= 11 is 0. The van der Waals surface area contributed by atoms with E-state index in [1.54, 1.807) is 0 Å². The number of amides is 2. The predicted octanol–water partition coefficient (Wildman–Crippen LogP) is 2.43. The number of allylic oxidation sites excluding steroid dienone is 1. The number of piperidine rings is 1. The zero-order valence-electron chi connectivity index (χ0n) is 16.1. The Morgan fingerprint density at radius 3 is 2.70 bits per heavy atom. The van der Waals surface area contributed by atoms with E-state index in [0.29, 0.717) is 32.5 Å². The van der Waals surface area contributed by atoms with Gasteiger partial charge in [0.2, 0.25) is 11.8 Å². The Morgan fingerprint density at radius 2 is 2.00 bits per heavy atom. The lowest BCUT2D eigenvalue weighted by Gasteiger charge is -2.48. The lowest BCUT2D eigenvalue weighted by molar-refractivity contribution is -0.147. The average Bonchev–Trinajstić information content (AvgIpc) is 2.74. The molecule has 144 valence electrons. The fourth-order valence-electron chi connectivity index (χ4n) is 4.83. The van der Waals surface area contributed by atoms with Crippen molar-refractivity contribution in [1.29, 1.82) is 0 Å². The zero-order valence-corrected chi connectivity index (χ0v) is 16.1. The summed E-state index contributed by atoms with van der Waals surface area (Å²) in [6, 6.07) is 5.93. The summed E-state index contributed by atoms with van der Waals surface area (Å²) in [4.78, 5) is 36.5. The molecule has 4 rings (SSSR count). The van der Waals surface area contributed by atoms with Gasteiger partial charge in [-0.25, -0.2) is 4.98 Å². The largest absolute Gasteiger partial charge is 0.353 e. The molecule has 3 heterocycles. The van der Waals surface area contributed by atoms with Gasteiger partial charge in [0.05, 0.1) is 5.41 Å². The van der Waals surface area contributed by atoms with E-state index in [4.69, 9.17) is 0 Å². The topological polar surface area (TPSA) is 56.8 Å². The quantitative estimate of drug-likeness (QED) is 0.822. The molecule has 1 aromatic heterocycles. The van der Waals surface area contributed by atoms with E-state index in [9.17, 15) is 9.59 Å². The van der Waals surface area contributed by atoms with Crippen LogP contribution < -0.4 is 4.90 Å². The molecule has 0 N–H and O–H groups in total. The molecule has 2 fully saturated rings. The van der Waals surface area contributed by atoms with Gasteiger partial charge in [-0.1, -0.05) is 12.1 Å². The van der Waals surface area contributed by atoms with Gasteiger partial charge < -0.3 is 14.7 Å². The molecule has 1 aliphatic carbocycles. The van der Waals surface area contributed by atoms with Gasteiger partial charge in [0.15, 0.2) is 0 Å². The second-order valence-corrected chi connectivity index (χ2v) is 7.67. The van der Waals surface area contributed by atoms with Crippen molar-refractivity contribution >= 4 is 17.6 Å². The number of fused-ring (bicyclic) bond motifs is 1. The Balaban J connectivity index is 1.51. The molecule has 1 aromatic rings. The summed E-state index contributed by atoms with van der Waals surface area (Å²) in [5.41, 5.74) is 0.486. The summed E-state index contributed by atoms with van der Waals surface area (Å²) in [5.74, 6) is 1.36. The third-order valence-electron chi connectivity index (χ3n) is 6.26. The number of rotatable bonds is 3. The molecular weight excluding hydrogens is 340 g/mol. The smallest absolute Gasteiger partial charge is 0.234 e. The molecule has 0 bridgehead atoms. The van der Waals surface area contributed by atoms with Crippen LogP contribution in [0.4, 0.5) is 5.82 Å². The first-order chi connectivity index (χ1) is 13.2. The molecule has 0 saturated carbocycles. The van der Waals surface area contributed by atoms with Gasteiger partial charge in [-0.2, -0.15) is 0 Å². The van der Waals surface area contributed by atoms with Gasteiger partial charge in [0.1, 0.15) is 5.82 Å². The molecule has 6 heteroatoms. The van der Waals surface area contributed by atoms with E-state index in [0.717, 1.165) is 43.9 Å². The molecule has 27 heavy (non-hydrogen) atoms. The van der Waals surface area contributed by atoms with Crippen LogP contribution in [0.15, 0.2) is 36.2 Å². The van der Waals surface area contributed by atoms with E-state index in [-0.39, 0.29) is 11.8 Å². The fraction of sp³-hybridized carbons (Fsp3) is 0.571. The van der Waals surface area contributed by atoms with Crippen molar-refractivity contribution in [3.63, 3.8) is 0 Å². The first-order valence-electron chi connectivity index (χ1n) is 10.1. The minimum atomic E-state index is -0.491. The zero-order chi connectivity index (χ0) is 18.9. The Hall–Kier alpha value is -2.37. The number of hydrogen-bond acceptors (Lipinski definition) is 4. The molecule has 3 aliphatic rings. The third-order valence-corrected chi connectivity index (χ3v) is 6.26. The van der Waals surface area contributed by atoms with Crippen molar-refractivity contribution in [2.24, 2.45) is 5.41 Å². The summed E-state index contributed by atoms with van der Waals surface area (Å²) in [5, 5.41) is 0. The average molecular weight is 368 g/mol. The summed E-state index contributed by atoms with van der Waals surface area (Å²) < 4.78 is 0. The molecule has 1 unspecified atom stereocenters. The summed E-state index contributed by atoms with van der Waals surface area (Å²) in [7, 11) is 0. The first-order valence-corrected chi connectivity index (χ1v) is 10.1. The van der Waals surface area contributed by atoms with E-state index in [2.05, 4.69) is 16.0 Å². The Bertz CT molecular complexity index is 740. The number of pyridine rings is 1. The number of carbonyl (C=O) groups excluding carboxylic acids is 2. The number of piperazine rings is 1. The highest BCUT2D eigenvalue weighted by Crippen LogP contribution is 2.48. The number of aromatic nitrogens is 1. The second kappa shape index (κ2) is 7.33. The Labute approximate surface area is 160 Å². The third kappa shape index (κ3) is 3.11. The predicted molar refractivity (Wildman–Crippen MR) is 104 cm³/mol.